The standard InChI is InChI=1S/C7H8F2O/c8-7(9)2-6(7)5-1-4(5)3-10/h3-6H,1-2H2. The molecule has 0 aromatic carbocycles. The molecular weight excluding hydrogens is 138 g/mol. The molecule has 1 nitrogen and oxygen atoms in total. The molecule has 10 heavy (non-hydrogen) atoms. The predicted molar refractivity (Wildman–Crippen MR) is 30.7 cm³/mol. The van der Waals surface area contributed by atoms with Gasteiger partial charge in [0.15, 0.2) is 0 Å². The number of hydrogen-bond donors (Lipinski definition) is 0. The van der Waals surface area contributed by atoms with E-state index in [4.69, 9.17) is 0 Å². The Bertz CT molecular complexity index is 178. The van der Waals surface area contributed by atoms with E-state index >= 15 is 0 Å². The topological polar surface area (TPSA) is 17.1 Å². The Balaban J connectivity index is 1.90. The second-order valence-electron chi connectivity index (χ2n) is 3.27. The van der Waals surface area contributed by atoms with E-state index in [0.29, 0.717) is 6.42 Å². The van der Waals surface area contributed by atoms with Gasteiger partial charge in [-0.3, -0.25) is 0 Å². The maximum Gasteiger partial charge on any atom is 0.251 e. The minimum Gasteiger partial charge on any atom is -0.303 e. The molecule has 3 atom stereocenters. The zero-order valence-electron chi connectivity index (χ0n) is 5.39. The van der Waals surface area contributed by atoms with Crippen molar-refractivity contribution in [2.24, 2.45) is 17.8 Å². The van der Waals surface area contributed by atoms with E-state index in [2.05, 4.69) is 0 Å². The van der Waals surface area contributed by atoms with Crippen molar-refractivity contribution in [3.63, 3.8) is 0 Å². The van der Waals surface area contributed by atoms with Crippen LogP contribution in [-0.2, 0) is 4.79 Å². The van der Waals surface area contributed by atoms with Gasteiger partial charge in [0.05, 0.1) is 0 Å². The SMILES string of the molecule is O=CC1CC1C1CC1(F)F. The lowest BCUT2D eigenvalue weighted by Crippen LogP contribution is -1.97. The molecule has 0 heterocycles. The van der Waals surface area contributed by atoms with Crippen LogP contribution in [0.5, 0.6) is 0 Å². The summed E-state index contributed by atoms with van der Waals surface area (Å²) >= 11 is 0. The number of halogens is 2. The van der Waals surface area contributed by atoms with E-state index in [1.807, 2.05) is 0 Å². The van der Waals surface area contributed by atoms with Crippen LogP contribution in [0.3, 0.4) is 0 Å². The van der Waals surface area contributed by atoms with Crippen molar-refractivity contribution in [3.05, 3.63) is 0 Å². The first-order chi connectivity index (χ1) is 4.65. The minimum absolute atomic E-state index is 0.0159. The number of aldehydes is 1. The average Bonchev–Trinajstić information content (AvgIpc) is 2.66. The van der Waals surface area contributed by atoms with Gasteiger partial charge >= 0.3 is 0 Å². The molecule has 0 aromatic heterocycles. The number of alkyl halides is 2. The molecule has 2 aliphatic carbocycles. The Morgan fingerprint density at radius 3 is 2.40 bits per heavy atom. The summed E-state index contributed by atoms with van der Waals surface area (Å²) in [6, 6.07) is 0. The third-order valence-corrected chi connectivity index (χ3v) is 2.46. The normalized spacial score (nSPS) is 48.4. The summed E-state index contributed by atoms with van der Waals surface area (Å²) in [6.07, 6.45) is 1.52. The Morgan fingerprint density at radius 1 is 1.50 bits per heavy atom. The fraction of sp³-hybridized carbons (Fsp3) is 0.857. The van der Waals surface area contributed by atoms with Crippen LogP contribution in [0, 0.1) is 17.8 Å². The third-order valence-electron chi connectivity index (χ3n) is 2.46. The summed E-state index contributed by atoms with van der Waals surface area (Å²) in [5, 5.41) is 0. The van der Waals surface area contributed by atoms with Crippen molar-refractivity contribution in [3.8, 4) is 0 Å². The summed E-state index contributed by atoms with van der Waals surface area (Å²) in [5.74, 6) is -2.91. The highest BCUT2D eigenvalue weighted by Gasteiger charge is 2.65. The quantitative estimate of drug-likeness (QED) is 0.539. The van der Waals surface area contributed by atoms with Crippen molar-refractivity contribution < 1.29 is 13.6 Å². The molecule has 3 unspecified atom stereocenters. The molecule has 2 aliphatic rings. The van der Waals surface area contributed by atoms with E-state index in [0.717, 1.165) is 6.29 Å². The van der Waals surface area contributed by atoms with Crippen LogP contribution in [0.4, 0.5) is 8.78 Å². The second-order valence-corrected chi connectivity index (χ2v) is 3.27. The molecule has 2 rings (SSSR count). The summed E-state index contributed by atoms with van der Waals surface area (Å²) in [6.45, 7) is 0. The summed E-state index contributed by atoms with van der Waals surface area (Å²) in [4.78, 5) is 10.1. The largest absolute Gasteiger partial charge is 0.303 e. The van der Waals surface area contributed by atoms with Crippen LogP contribution < -0.4 is 0 Å². The summed E-state index contributed by atoms with van der Waals surface area (Å²) < 4.78 is 24.6. The lowest BCUT2D eigenvalue weighted by Gasteiger charge is -1.91. The maximum absolute atomic E-state index is 12.3. The smallest absolute Gasteiger partial charge is 0.251 e. The molecule has 0 aromatic rings. The minimum atomic E-state index is -2.43. The fourth-order valence-electron chi connectivity index (χ4n) is 1.55. The summed E-state index contributed by atoms with van der Waals surface area (Å²) in [7, 11) is 0. The highest BCUT2D eigenvalue weighted by molar-refractivity contribution is 5.58. The monoisotopic (exact) mass is 146 g/mol. The molecule has 0 aliphatic heterocycles. The van der Waals surface area contributed by atoms with Crippen LogP contribution in [0.25, 0.3) is 0 Å². The van der Waals surface area contributed by atoms with Gasteiger partial charge in [0.1, 0.15) is 6.29 Å². The van der Waals surface area contributed by atoms with Crippen molar-refractivity contribution in [2.45, 2.75) is 18.8 Å². The van der Waals surface area contributed by atoms with Gasteiger partial charge in [-0.25, -0.2) is 8.78 Å². The van der Waals surface area contributed by atoms with Crippen molar-refractivity contribution in [1.82, 2.24) is 0 Å². The molecule has 0 amide bonds. The van der Waals surface area contributed by atoms with E-state index in [9.17, 15) is 13.6 Å². The highest BCUT2D eigenvalue weighted by atomic mass is 19.3. The van der Waals surface area contributed by atoms with Crippen LogP contribution >= 0.6 is 0 Å². The van der Waals surface area contributed by atoms with Gasteiger partial charge in [-0.15, -0.1) is 0 Å². The van der Waals surface area contributed by atoms with Gasteiger partial charge in [0, 0.05) is 18.3 Å². The zero-order valence-corrected chi connectivity index (χ0v) is 5.39. The third kappa shape index (κ3) is 0.762. The van der Waals surface area contributed by atoms with E-state index in [-0.39, 0.29) is 18.3 Å². The summed E-state index contributed by atoms with van der Waals surface area (Å²) in [5.41, 5.74) is 0. The number of carbonyl (C=O) groups excluding carboxylic acids is 1. The first-order valence-electron chi connectivity index (χ1n) is 3.48. The van der Waals surface area contributed by atoms with Crippen molar-refractivity contribution in [1.29, 1.82) is 0 Å². The molecule has 0 radical (unpaired) electrons. The van der Waals surface area contributed by atoms with Gasteiger partial charge < -0.3 is 4.79 Å². The first kappa shape index (κ1) is 6.25. The van der Waals surface area contributed by atoms with Crippen molar-refractivity contribution in [2.75, 3.05) is 0 Å². The first-order valence-corrected chi connectivity index (χ1v) is 3.48. The van der Waals surface area contributed by atoms with Gasteiger partial charge in [-0.1, -0.05) is 0 Å². The number of rotatable bonds is 2. The fourth-order valence-corrected chi connectivity index (χ4v) is 1.55. The van der Waals surface area contributed by atoms with Gasteiger partial charge in [-0.05, 0) is 12.3 Å². The Kier molecular flexibility index (Phi) is 0.984. The molecule has 0 N–H and O–H groups in total. The maximum atomic E-state index is 12.3. The molecule has 3 heteroatoms. The Labute approximate surface area is 57.4 Å². The average molecular weight is 146 g/mol. The molecule has 0 bridgehead atoms. The predicted octanol–water partition coefficient (Wildman–Crippen LogP) is 1.48. The molecular formula is C7H8F2O. The Hall–Kier alpha value is -0.470. The number of carbonyl (C=O) groups is 1. The molecule has 0 spiro atoms. The van der Waals surface area contributed by atoms with Crippen LogP contribution in [0.1, 0.15) is 12.8 Å². The molecule has 56 valence electrons. The Morgan fingerprint density at radius 2 is 2.10 bits per heavy atom. The molecule has 0 saturated heterocycles. The molecule has 2 saturated carbocycles. The van der Waals surface area contributed by atoms with Gasteiger partial charge in [0.2, 0.25) is 0 Å². The van der Waals surface area contributed by atoms with Gasteiger partial charge in [0.25, 0.3) is 5.92 Å². The lowest BCUT2D eigenvalue weighted by molar-refractivity contribution is -0.109. The van der Waals surface area contributed by atoms with Gasteiger partial charge in [-0.2, -0.15) is 0 Å². The highest BCUT2D eigenvalue weighted by Crippen LogP contribution is 2.62. The van der Waals surface area contributed by atoms with Crippen LogP contribution in [0.15, 0.2) is 0 Å². The van der Waals surface area contributed by atoms with E-state index in [1.54, 1.807) is 0 Å². The van der Waals surface area contributed by atoms with Crippen molar-refractivity contribution >= 4 is 6.29 Å². The van der Waals surface area contributed by atoms with Crippen LogP contribution in [0.2, 0.25) is 0 Å². The number of hydrogen-bond acceptors (Lipinski definition) is 1. The zero-order chi connectivity index (χ0) is 7.35. The van der Waals surface area contributed by atoms with Crippen LogP contribution in [-0.4, -0.2) is 12.2 Å². The second kappa shape index (κ2) is 1.57. The lowest BCUT2D eigenvalue weighted by atomic mass is 10.2. The van der Waals surface area contributed by atoms with E-state index in [1.165, 1.54) is 0 Å². The van der Waals surface area contributed by atoms with E-state index < -0.39 is 11.8 Å². The molecule has 2 fully saturated rings.